The van der Waals surface area contributed by atoms with Crippen LogP contribution in [0, 0.1) is 0 Å². The summed E-state index contributed by atoms with van der Waals surface area (Å²) in [5.41, 5.74) is 6.98. The number of esters is 1. The average Bonchev–Trinajstić information content (AvgIpc) is 2.85. The molecule has 0 saturated heterocycles. The first-order chi connectivity index (χ1) is 10.1. The smallest absolute Gasteiger partial charge is 0.341 e. The van der Waals surface area contributed by atoms with Gasteiger partial charge in [0.15, 0.2) is 0 Å². The molecule has 0 fully saturated rings. The first-order valence-corrected chi connectivity index (χ1v) is 7.70. The Bertz CT molecular complexity index is 537. The van der Waals surface area contributed by atoms with Gasteiger partial charge in [0, 0.05) is 18.5 Å². The van der Waals surface area contributed by atoms with Gasteiger partial charge >= 0.3 is 5.97 Å². The maximum absolute atomic E-state index is 12.1. The number of rotatable bonds is 5. The number of aryl methyl sites for hydroxylation is 1. The molecule has 7 heteroatoms. The van der Waals surface area contributed by atoms with Crippen LogP contribution in [0.15, 0.2) is 0 Å². The fourth-order valence-electron chi connectivity index (χ4n) is 2.47. The molecule has 1 heterocycles. The normalized spacial score (nSPS) is 15.2. The van der Waals surface area contributed by atoms with Crippen LogP contribution in [0.5, 0.6) is 0 Å². The van der Waals surface area contributed by atoms with Gasteiger partial charge < -0.3 is 20.5 Å². The van der Waals surface area contributed by atoms with Crippen LogP contribution in [-0.2, 0) is 27.1 Å². The monoisotopic (exact) mass is 312 g/mol. The molecule has 0 bridgehead atoms. The lowest BCUT2D eigenvalue weighted by atomic mass is 9.95. The first kappa shape index (κ1) is 15.9. The second-order valence-corrected chi connectivity index (χ2v) is 5.96. The van der Waals surface area contributed by atoms with Crippen molar-refractivity contribution in [3.05, 3.63) is 16.0 Å². The van der Waals surface area contributed by atoms with Gasteiger partial charge in [-0.05, 0) is 31.2 Å². The number of hydrogen-bond acceptors (Lipinski definition) is 6. The summed E-state index contributed by atoms with van der Waals surface area (Å²) in [7, 11) is 2.77. The molecule has 1 aromatic rings. The van der Waals surface area contributed by atoms with E-state index in [2.05, 4.69) is 5.32 Å². The fourth-order valence-corrected chi connectivity index (χ4v) is 3.75. The summed E-state index contributed by atoms with van der Waals surface area (Å²) in [5.74, 6) is -0.754. The van der Waals surface area contributed by atoms with Gasteiger partial charge in [0.2, 0.25) is 0 Å². The van der Waals surface area contributed by atoms with Gasteiger partial charge in [0.25, 0.3) is 5.91 Å². The molecule has 1 aliphatic rings. The topological polar surface area (TPSA) is 90.7 Å². The summed E-state index contributed by atoms with van der Waals surface area (Å²) < 4.78 is 9.87. The molecule has 0 saturated carbocycles. The number of carbonyl (C=O) groups excluding carboxylic acids is 2. The van der Waals surface area contributed by atoms with Gasteiger partial charge in [-0.3, -0.25) is 4.79 Å². The van der Waals surface area contributed by atoms with Crippen LogP contribution in [-0.4, -0.2) is 38.7 Å². The van der Waals surface area contributed by atoms with Crippen LogP contribution in [0.3, 0.4) is 0 Å². The fraction of sp³-hybridized carbons (Fsp3) is 0.571. The standard InChI is InChI=1S/C14H20N2O4S/c1-19-9(7-15)12(17)16-13-11(14(18)20-2)8-5-3-4-6-10(8)21-13/h9H,3-7,15H2,1-2H3,(H,16,17). The van der Waals surface area contributed by atoms with E-state index in [1.165, 1.54) is 25.6 Å². The van der Waals surface area contributed by atoms with Crippen molar-refractivity contribution in [3.63, 3.8) is 0 Å². The molecule has 1 unspecified atom stereocenters. The van der Waals surface area contributed by atoms with Crippen LogP contribution in [0.4, 0.5) is 5.00 Å². The van der Waals surface area contributed by atoms with Gasteiger partial charge in [-0.25, -0.2) is 4.79 Å². The molecule has 1 atom stereocenters. The molecule has 2 rings (SSSR count). The Labute approximate surface area is 127 Å². The number of thiophene rings is 1. The third kappa shape index (κ3) is 3.25. The van der Waals surface area contributed by atoms with Gasteiger partial charge in [0.1, 0.15) is 11.1 Å². The molecular weight excluding hydrogens is 292 g/mol. The highest BCUT2D eigenvalue weighted by Gasteiger charge is 2.28. The molecule has 0 radical (unpaired) electrons. The molecule has 1 aliphatic carbocycles. The number of nitrogens with one attached hydrogen (secondary N) is 1. The maximum Gasteiger partial charge on any atom is 0.341 e. The number of fused-ring (bicyclic) bond motifs is 1. The Kier molecular flexibility index (Phi) is 5.33. The summed E-state index contributed by atoms with van der Waals surface area (Å²) in [5, 5.41) is 3.30. The summed E-state index contributed by atoms with van der Waals surface area (Å²) in [6.45, 7) is 0.0843. The van der Waals surface area contributed by atoms with E-state index in [0.29, 0.717) is 10.6 Å². The van der Waals surface area contributed by atoms with Crippen LogP contribution in [0.1, 0.15) is 33.6 Å². The largest absolute Gasteiger partial charge is 0.465 e. The molecule has 0 aromatic carbocycles. The summed E-state index contributed by atoms with van der Waals surface area (Å²) in [6.07, 6.45) is 3.20. The van der Waals surface area contributed by atoms with Crippen molar-refractivity contribution in [1.29, 1.82) is 0 Å². The highest BCUT2D eigenvalue weighted by Crippen LogP contribution is 2.38. The van der Waals surface area contributed by atoms with E-state index in [0.717, 1.165) is 36.1 Å². The molecule has 0 spiro atoms. The number of anilines is 1. The molecule has 21 heavy (non-hydrogen) atoms. The van der Waals surface area contributed by atoms with E-state index in [1.54, 1.807) is 0 Å². The van der Waals surface area contributed by atoms with Crippen LogP contribution >= 0.6 is 11.3 Å². The molecule has 116 valence electrons. The van der Waals surface area contributed by atoms with Crippen LogP contribution in [0.2, 0.25) is 0 Å². The van der Waals surface area contributed by atoms with E-state index >= 15 is 0 Å². The van der Waals surface area contributed by atoms with E-state index in [9.17, 15) is 9.59 Å². The molecule has 1 aromatic heterocycles. The number of nitrogens with two attached hydrogens (primary N) is 1. The van der Waals surface area contributed by atoms with E-state index < -0.39 is 12.1 Å². The predicted molar refractivity (Wildman–Crippen MR) is 80.8 cm³/mol. The molecule has 6 nitrogen and oxygen atoms in total. The van der Waals surface area contributed by atoms with Gasteiger partial charge in [-0.15, -0.1) is 11.3 Å². The van der Waals surface area contributed by atoms with E-state index in [-0.39, 0.29) is 12.5 Å². The molecule has 3 N–H and O–H groups in total. The number of methoxy groups -OCH3 is 2. The van der Waals surface area contributed by atoms with E-state index in [1.807, 2.05) is 0 Å². The zero-order chi connectivity index (χ0) is 15.4. The number of carbonyl (C=O) groups is 2. The van der Waals surface area contributed by atoms with Crippen molar-refractivity contribution >= 4 is 28.2 Å². The Morgan fingerprint density at radius 1 is 1.33 bits per heavy atom. The molecule has 0 aliphatic heterocycles. The SMILES string of the molecule is COC(=O)c1c(NC(=O)C(CN)OC)sc2c1CCCC2. The third-order valence-corrected chi connectivity index (χ3v) is 4.80. The minimum Gasteiger partial charge on any atom is -0.465 e. The zero-order valence-corrected chi connectivity index (χ0v) is 13.0. The average molecular weight is 312 g/mol. The van der Waals surface area contributed by atoms with Crippen molar-refractivity contribution in [1.82, 2.24) is 0 Å². The number of ether oxygens (including phenoxy) is 2. The second kappa shape index (κ2) is 7.02. The second-order valence-electron chi connectivity index (χ2n) is 4.86. The lowest BCUT2D eigenvalue weighted by Crippen LogP contribution is -2.36. The summed E-state index contributed by atoms with van der Waals surface area (Å²) in [6, 6.07) is 0. The first-order valence-electron chi connectivity index (χ1n) is 6.89. The van der Waals surface area contributed by atoms with Crippen molar-refractivity contribution in [3.8, 4) is 0 Å². The Morgan fingerprint density at radius 2 is 2.05 bits per heavy atom. The number of amides is 1. The minimum absolute atomic E-state index is 0.0843. The zero-order valence-electron chi connectivity index (χ0n) is 12.2. The lowest BCUT2D eigenvalue weighted by molar-refractivity contribution is -0.125. The van der Waals surface area contributed by atoms with E-state index in [4.69, 9.17) is 15.2 Å². The minimum atomic E-state index is -0.727. The van der Waals surface area contributed by atoms with Crippen molar-refractivity contribution in [2.24, 2.45) is 5.73 Å². The van der Waals surface area contributed by atoms with Crippen molar-refractivity contribution in [2.75, 3.05) is 26.1 Å². The predicted octanol–water partition coefficient (Wildman–Crippen LogP) is 1.33. The van der Waals surface area contributed by atoms with Crippen LogP contribution < -0.4 is 11.1 Å². The number of hydrogen-bond donors (Lipinski definition) is 2. The third-order valence-electron chi connectivity index (χ3n) is 3.59. The lowest BCUT2D eigenvalue weighted by Gasteiger charge is -2.13. The van der Waals surface area contributed by atoms with Crippen LogP contribution in [0.25, 0.3) is 0 Å². The summed E-state index contributed by atoms with van der Waals surface area (Å²) >= 11 is 1.44. The van der Waals surface area contributed by atoms with Gasteiger partial charge in [-0.1, -0.05) is 0 Å². The van der Waals surface area contributed by atoms with Crippen molar-refractivity contribution < 1.29 is 19.1 Å². The van der Waals surface area contributed by atoms with Gasteiger partial charge in [0.05, 0.1) is 12.7 Å². The summed E-state index contributed by atoms with van der Waals surface area (Å²) in [4.78, 5) is 25.3. The Hall–Kier alpha value is -1.44. The molecule has 1 amide bonds. The highest BCUT2D eigenvalue weighted by molar-refractivity contribution is 7.17. The molecular formula is C14H20N2O4S. The maximum atomic E-state index is 12.1. The quantitative estimate of drug-likeness (QED) is 0.800. The Balaban J connectivity index is 2.32. The Morgan fingerprint density at radius 3 is 2.67 bits per heavy atom. The highest BCUT2D eigenvalue weighted by atomic mass is 32.1. The van der Waals surface area contributed by atoms with Crippen molar-refractivity contribution in [2.45, 2.75) is 31.8 Å². The van der Waals surface area contributed by atoms with Gasteiger partial charge in [-0.2, -0.15) is 0 Å².